The van der Waals surface area contributed by atoms with Gasteiger partial charge in [0.25, 0.3) is 5.91 Å². The molecule has 0 spiro atoms. The summed E-state index contributed by atoms with van der Waals surface area (Å²) in [6.07, 6.45) is 4.94. The quantitative estimate of drug-likeness (QED) is 0.298. The highest BCUT2D eigenvalue weighted by Gasteiger charge is 2.42. The molecule has 3 amide bonds. The molecule has 1 heterocycles. The van der Waals surface area contributed by atoms with Crippen LogP contribution < -0.4 is 16.4 Å². The van der Waals surface area contributed by atoms with Crippen molar-refractivity contribution < 1.29 is 22.8 Å². The van der Waals surface area contributed by atoms with Crippen LogP contribution >= 0.6 is 23.2 Å². The van der Waals surface area contributed by atoms with Crippen LogP contribution in [0.4, 0.5) is 5.69 Å². The first kappa shape index (κ1) is 31.6. The van der Waals surface area contributed by atoms with Crippen LogP contribution in [-0.4, -0.2) is 75.2 Å². The van der Waals surface area contributed by atoms with E-state index in [1.807, 2.05) is 20.8 Å². The summed E-state index contributed by atoms with van der Waals surface area (Å²) in [5.74, 6) is -1.36. The van der Waals surface area contributed by atoms with Gasteiger partial charge in [-0.15, -0.1) is 0 Å². The third-order valence-corrected chi connectivity index (χ3v) is 8.18. The molecule has 10 nitrogen and oxygen atoms in total. The molecular formula is C25H35Cl2N5O5S. The molecule has 0 bridgehead atoms. The Morgan fingerprint density at radius 1 is 1.26 bits per heavy atom. The molecule has 2 rings (SSSR count). The van der Waals surface area contributed by atoms with Crippen molar-refractivity contribution in [3.05, 3.63) is 39.2 Å². The Kier molecular flexibility index (Phi) is 10.8. The largest absolute Gasteiger partial charge is 0.398 e. The number of sulfone groups is 1. The maximum Gasteiger partial charge on any atom is 0.252 e. The second kappa shape index (κ2) is 12.9. The maximum atomic E-state index is 13.7. The number of likely N-dealkylation sites (tertiary alicyclic amines) is 1. The van der Waals surface area contributed by atoms with Gasteiger partial charge in [-0.25, -0.2) is 8.42 Å². The van der Waals surface area contributed by atoms with Gasteiger partial charge in [0.15, 0.2) is 9.84 Å². The first-order valence-electron chi connectivity index (χ1n) is 12.0. The fraction of sp³-hybridized carbons (Fsp3) is 0.520. The van der Waals surface area contributed by atoms with Crippen molar-refractivity contribution in [1.82, 2.24) is 15.5 Å². The van der Waals surface area contributed by atoms with E-state index in [4.69, 9.17) is 28.9 Å². The monoisotopic (exact) mass is 587 g/mol. The van der Waals surface area contributed by atoms with Gasteiger partial charge in [0.2, 0.25) is 11.8 Å². The van der Waals surface area contributed by atoms with E-state index < -0.39 is 55.5 Å². The molecule has 38 heavy (non-hydrogen) atoms. The number of benzene rings is 1. The average Bonchev–Trinajstić information content (AvgIpc) is 3.31. The predicted octanol–water partition coefficient (Wildman–Crippen LogP) is 2.76. The van der Waals surface area contributed by atoms with E-state index in [-0.39, 0.29) is 17.0 Å². The number of hydrogen-bond donors (Lipinski definition) is 3. The zero-order chi connectivity index (χ0) is 28.8. The smallest absolute Gasteiger partial charge is 0.252 e. The van der Waals surface area contributed by atoms with Gasteiger partial charge < -0.3 is 26.3 Å². The van der Waals surface area contributed by atoms with Gasteiger partial charge in [0.05, 0.1) is 16.8 Å². The summed E-state index contributed by atoms with van der Waals surface area (Å²) in [6, 6.07) is 1.96. The van der Waals surface area contributed by atoms with Crippen LogP contribution in [0.15, 0.2) is 33.6 Å². The maximum absolute atomic E-state index is 13.7. The Hall–Kier alpha value is -2.63. The molecule has 1 aromatic carbocycles. The topological polar surface area (TPSA) is 151 Å². The zero-order valence-corrected chi connectivity index (χ0v) is 24.5. The van der Waals surface area contributed by atoms with Gasteiger partial charge >= 0.3 is 0 Å². The fourth-order valence-electron chi connectivity index (χ4n) is 3.95. The van der Waals surface area contributed by atoms with Gasteiger partial charge in [-0.2, -0.15) is 0 Å². The highest BCUT2D eigenvalue weighted by Crippen LogP contribution is 2.27. The Morgan fingerprint density at radius 2 is 1.92 bits per heavy atom. The van der Waals surface area contributed by atoms with Gasteiger partial charge in [0.1, 0.15) is 16.4 Å². The molecule has 1 aliphatic heterocycles. The number of rotatable bonds is 9. The first-order chi connectivity index (χ1) is 17.6. The number of carbonyl (C=O) groups excluding carboxylic acids is 3. The number of nitrogen functional groups attached to an aromatic ring is 1. The number of nitrogens with one attached hydrogen (secondary N) is 2. The lowest BCUT2D eigenvalue weighted by Crippen LogP contribution is -2.58. The average molecular weight is 589 g/mol. The summed E-state index contributed by atoms with van der Waals surface area (Å²) in [5, 5.41) is 5.79. The number of anilines is 1. The molecule has 0 aliphatic carbocycles. The van der Waals surface area contributed by atoms with Crippen LogP contribution in [0.5, 0.6) is 0 Å². The van der Waals surface area contributed by atoms with Crippen LogP contribution in [-0.2, 0) is 19.4 Å². The molecular weight excluding hydrogens is 553 g/mol. The lowest BCUT2D eigenvalue weighted by molar-refractivity contribution is -0.142. The summed E-state index contributed by atoms with van der Waals surface area (Å²) in [5.41, 5.74) is 5.63. The number of aliphatic imine (C=N–C) groups is 1. The van der Waals surface area contributed by atoms with Crippen LogP contribution in [0.3, 0.4) is 0 Å². The van der Waals surface area contributed by atoms with Gasteiger partial charge in [-0.1, -0.05) is 44.0 Å². The Bertz CT molecular complexity index is 1230. The molecule has 1 aliphatic rings. The molecule has 1 saturated heterocycles. The standard InChI is InChI=1S/C25H35Cl2N5O5S/c1-25(2,3)21(31-22(33)15-8-9-18(28)17(26)13-15)24(35)32-12-6-7-19(32)23(34)30-16(10-11-29-4)14-20(27)38(5,36)37/h8-9,11,13-14,16,19,21H,6-7,10,12,28H2,1-5H3,(H,30,34)(H,31,33)/b20-14+,29-11?/t16-,19+,21+/m0/s1. The lowest BCUT2D eigenvalue weighted by Gasteiger charge is -2.35. The molecule has 0 saturated carbocycles. The molecule has 3 atom stereocenters. The minimum atomic E-state index is -3.66. The number of nitrogens with zero attached hydrogens (tertiary/aromatic N) is 2. The Balaban J connectivity index is 2.27. The molecule has 210 valence electrons. The lowest BCUT2D eigenvalue weighted by atomic mass is 9.85. The van der Waals surface area contributed by atoms with E-state index in [1.165, 1.54) is 35.4 Å². The Labute approximate surface area is 233 Å². The van der Waals surface area contributed by atoms with E-state index in [1.54, 1.807) is 7.05 Å². The van der Waals surface area contributed by atoms with Crippen molar-refractivity contribution in [1.29, 1.82) is 0 Å². The number of amides is 3. The van der Waals surface area contributed by atoms with E-state index in [0.717, 1.165) is 6.26 Å². The Morgan fingerprint density at radius 3 is 2.47 bits per heavy atom. The van der Waals surface area contributed by atoms with Gasteiger partial charge in [-0.3, -0.25) is 14.4 Å². The van der Waals surface area contributed by atoms with E-state index >= 15 is 0 Å². The molecule has 1 aromatic rings. The zero-order valence-electron chi connectivity index (χ0n) is 22.1. The molecule has 4 N–H and O–H groups in total. The molecule has 0 unspecified atom stereocenters. The summed E-state index contributed by atoms with van der Waals surface area (Å²) >= 11 is 12.0. The fourth-order valence-corrected chi connectivity index (χ4v) is 4.69. The van der Waals surface area contributed by atoms with Gasteiger partial charge in [0, 0.05) is 38.0 Å². The second-order valence-electron chi connectivity index (χ2n) is 10.2. The number of carbonyl (C=O) groups is 3. The van der Waals surface area contributed by atoms with E-state index in [2.05, 4.69) is 15.6 Å². The minimum absolute atomic E-state index is 0.208. The van der Waals surface area contributed by atoms with Crippen LogP contribution in [0.25, 0.3) is 0 Å². The normalized spacial score (nSPS) is 18.3. The summed E-state index contributed by atoms with van der Waals surface area (Å²) in [6.45, 7) is 5.77. The van der Waals surface area contributed by atoms with Crippen molar-refractivity contribution >= 4 is 62.7 Å². The summed E-state index contributed by atoms with van der Waals surface area (Å²) in [4.78, 5) is 45.3. The van der Waals surface area contributed by atoms with Crippen LogP contribution in [0, 0.1) is 5.41 Å². The van der Waals surface area contributed by atoms with Gasteiger partial charge in [-0.05, 0) is 42.5 Å². The molecule has 1 fully saturated rings. The van der Waals surface area contributed by atoms with Crippen LogP contribution in [0.1, 0.15) is 50.4 Å². The minimum Gasteiger partial charge on any atom is -0.398 e. The summed E-state index contributed by atoms with van der Waals surface area (Å²) in [7, 11) is -2.11. The van der Waals surface area contributed by atoms with Crippen molar-refractivity contribution in [2.75, 3.05) is 25.6 Å². The van der Waals surface area contributed by atoms with Crippen molar-refractivity contribution in [3.63, 3.8) is 0 Å². The SMILES string of the molecule is CN=CC[C@@H](/C=C(\Cl)S(C)(=O)=O)NC(=O)[C@H]1CCCN1C(=O)[C@@H](NC(=O)c1ccc(N)c(Cl)c1)C(C)(C)C. The molecule has 0 radical (unpaired) electrons. The number of nitrogens with two attached hydrogens (primary N) is 1. The first-order valence-corrected chi connectivity index (χ1v) is 14.7. The highest BCUT2D eigenvalue weighted by molar-refractivity contribution is 7.96. The second-order valence-corrected chi connectivity index (χ2v) is 13.3. The van der Waals surface area contributed by atoms with Crippen LogP contribution in [0.2, 0.25) is 5.02 Å². The third-order valence-electron chi connectivity index (χ3n) is 6.05. The third kappa shape index (κ3) is 8.44. The summed E-state index contributed by atoms with van der Waals surface area (Å²) < 4.78 is 23.1. The van der Waals surface area contributed by atoms with E-state index in [9.17, 15) is 22.8 Å². The van der Waals surface area contributed by atoms with Crippen molar-refractivity contribution in [2.45, 2.75) is 58.2 Å². The molecule has 0 aromatic heterocycles. The van der Waals surface area contributed by atoms with E-state index in [0.29, 0.717) is 25.1 Å². The van der Waals surface area contributed by atoms with Crippen molar-refractivity contribution in [2.24, 2.45) is 10.4 Å². The predicted molar refractivity (Wildman–Crippen MR) is 151 cm³/mol. The van der Waals surface area contributed by atoms with Crippen molar-refractivity contribution in [3.8, 4) is 0 Å². The number of hydrogen-bond acceptors (Lipinski definition) is 7. The number of halogens is 2. The molecule has 13 heteroatoms. The highest BCUT2D eigenvalue weighted by atomic mass is 35.5.